The zero-order chi connectivity index (χ0) is 13.9. The van der Waals surface area contributed by atoms with Crippen LogP contribution in [0, 0.1) is 0 Å². The van der Waals surface area contributed by atoms with E-state index in [1.54, 1.807) is 12.4 Å². The van der Waals surface area contributed by atoms with Crippen LogP contribution in [-0.4, -0.2) is 37.1 Å². The summed E-state index contributed by atoms with van der Waals surface area (Å²) >= 11 is 0. The molecule has 1 aromatic heterocycles. The Morgan fingerprint density at radius 3 is 2.95 bits per heavy atom. The number of amides is 1. The molecule has 0 spiro atoms. The third-order valence-electron chi connectivity index (χ3n) is 3.81. The molecule has 0 saturated carbocycles. The minimum atomic E-state index is -0.417. The molecule has 1 amide bonds. The number of nitrogens with one attached hydrogen (secondary N) is 2. The highest BCUT2D eigenvalue weighted by molar-refractivity contribution is 6.00. The number of anilines is 2. The molecule has 5 nitrogen and oxygen atoms in total. The van der Waals surface area contributed by atoms with Crippen LogP contribution in [0.5, 0.6) is 0 Å². The third-order valence-corrected chi connectivity index (χ3v) is 3.81. The number of carbonyl (C=O) groups excluding carboxylic acids is 1. The molecule has 2 N–H and O–H groups in total. The van der Waals surface area contributed by atoms with E-state index < -0.39 is 5.54 Å². The Hall–Kier alpha value is -1.62. The summed E-state index contributed by atoms with van der Waals surface area (Å²) < 4.78 is 0. The molecular weight excluding hydrogens is 240 g/mol. The van der Waals surface area contributed by atoms with Crippen molar-refractivity contribution in [3.05, 3.63) is 18.5 Å². The Bertz CT molecular complexity index is 453. The fourth-order valence-electron chi connectivity index (χ4n) is 2.58. The molecule has 2 rings (SSSR count). The molecule has 0 radical (unpaired) electrons. The van der Waals surface area contributed by atoms with E-state index in [0.29, 0.717) is 0 Å². The lowest BCUT2D eigenvalue weighted by Crippen LogP contribution is -2.50. The average Bonchev–Trinajstić information content (AvgIpc) is 2.89. The summed E-state index contributed by atoms with van der Waals surface area (Å²) in [5, 5.41) is 6.36. The van der Waals surface area contributed by atoms with Gasteiger partial charge in [0.05, 0.1) is 23.1 Å². The highest BCUT2D eigenvalue weighted by atomic mass is 16.2. The molecule has 1 fully saturated rings. The first-order valence-corrected chi connectivity index (χ1v) is 6.77. The summed E-state index contributed by atoms with van der Waals surface area (Å²) in [5.41, 5.74) is 1.31. The van der Waals surface area contributed by atoms with E-state index in [-0.39, 0.29) is 5.91 Å². The Balaban J connectivity index is 2.19. The van der Waals surface area contributed by atoms with Gasteiger partial charge >= 0.3 is 0 Å². The van der Waals surface area contributed by atoms with E-state index in [4.69, 9.17) is 0 Å². The quantitative estimate of drug-likeness (QED) is 0.865. The number of nitrogens with zero attached hydrogens (tertiary/aromatic N) is 2. The van der Waals surface area contributed by atoms with Crippen LogP contribution < -0.4 is 15.5 Å². The van der Waals surface area contributed by atoms with Gasteiger partial charge in [0.15, 0.2) is 0 Å². The largest absolute Gasteiger partial charge is 0.376 e. The van der Waals surface area contributed by atoms with E-state index in [1.165, 1.54) is 0 Å². The van der Waals surface area contributed by atoms with Gasteiger partial charge in [-0.15, -0.1) is 0 Å². The Morgan fingerprint density at radius 1 is 1.58 bits per heavy atom. The van der Waals surface area contributed by atoms with E-state index in [1.807, 2.05) is 32.0 Å². The topological polar surface area (TPSA) is 57.3 Å². The molecule has 1 atom stereocenters. The molecule has 1 unspecified atom stereocenters. The number of hydrogen-bond donors (Lipinski definition) is 2. The maximum Gasteiger partial charge on any atom is 0.244 e. The van der Waals surface area contributed by atoms with Crippen LogP contribution in [0.25, 0.3) is 0 Å². The highest BCUT2D eigenvalue weighted by Crippen LogP contribution is 2.27. The maximum atomic E-state index is 12.5. The van der Waals surface area contributed by atoms with Gasteiger partial charge in [-0.3, -0.25) is 9.78 Å². The van der Waals surface area contributed by atoms with Crippen molar-refractivity contribution < 1.29 is 4.79 Å². The second-order valence-corrected chi connectivity index (χ2v) is 5.21. The number of aromatic nitrogens is 1. The van der Waals surface area contributed by atoms with Crippen LogP contribution in [0.15, 0.2) is 18.5 Å². The SMILES string of the molecule is CCC1(C(=O)Nc2cnccc2N(C)C)CCCN1. The lowest BCUT2D eigenvalue weighted by Gasteiger charge is -2.27. The average molecular weight is 262 g/mol. The minimum Gasteiger partial charge on any atom is -0.376 e. The van der Waals surface area contributed by atoms with Crippen LogP contribution >= 0.6 is 0 Å². The number of pyridine rings is 1. The van der Waals surface area contributed by atoms with E-state index in [9.17, 15) is 4.79 Å². The molecule has 1 saturated heterocycles. The van der Waals surface area contributed by atoms with Gasteiger partial charge in [-0.25, -0.2) is 0 Å². The van der Waals surface area contributed by atoms with Gasteiger partial charge in [0.25, 0.3) is 0 Å². The van der Waals surface area contributed by atoms with Crippen LogP contribution in [0.3, 0.4) is 0 Å². The standard InChI is InChI=1S/C14H22N4O/c1-4-14(7-5-8-16-14)13(19)17-11-10-15-9-6-12(11)18(2)3/h6,9-10,16H,4-5,7-8H2,1-3H3,(H,17,19). The van der Waals surface area contributed by atoms with Gasteiger partial charge in [0.2, 0.25) is 5.91 Å². The Kier molecular flexibility index (Phi) is 4.04. The van der Waals surface area contributed by atoms with Crippen molar-refractivity contribution in [3.8, 4) is 0 Å². The van der Waals surface area contributed by atoms with E-state index >= 15 is 0 Å². The van der Waals surface area contributed by atoms with Crippen molar-refractivity contribution in [1.82, 2.24) is 10.3 Å². The molecule has 5 heteroatoms. The summed E-state index contributed by atoms with van der Waals surface area (Å²) in [4.78, 5) is 18.6. The molecule has 1 aliphatic rings. The van der Waals surface area contributed by atoms with E-state index in [0.717, 1.165) is 37.2 Å². The summed E-state index contributed by atoms with van der Waals surface area (Å²) in [7, 11) is 3.91. The van der Waals surface area contributed by atoms with Crippen molar-refractivity contribution in [2.45, 2.75) is 31.7 Å². The van der Waals surface area contributed by atoms with Crippen molar-refractivity contribution >= 4 is 17.3 Å². The number of rotatable bonds is 4. The fourth-order valence-corrected chi connectivity index (χ4v) is 2.58. The van der Waals surface area contributed by atoms with E-state index in [2.05, 4.69) is 15.6 Å². The van der Waals surface area contributed by atoms with Crippen molar-refractivity contribution in [2.75, 3.05) is 30.9 Å². The summed E-state index contributed by atoms with van der Waals surface area (Å²) in [6, 6.07) is 1.90. The predicted octanol–water partition coefficient (Wildman–Crippen LogP) is 1.62. The molecule has 0 bridgehead atoms. The fraction of sp³-hybridized carbons (Fsp3) is 0.571. The first-order chi connectivity index (χ1) is 9.09. The summed E-state index contributed by atoms with van der Waals surface area (Å²) in [6.07, 6.45) is 6.18. The lowest BCUT2D eigenvalue weighted by atomic mass is 9.93. The minimum absolute atomic E-state index is 0.0450. The van der Waals surface area contributed by atoms with Gasteiger partial charge in [-0.1, -0.05) is 6.92 Å². The van der Waals surface area contributed by atoms with Crippen LogP contribution in [0.4, 0.5) is 11.4 Å². The molecule has 0 aliphatic carbocycles. The molecule has 1 aromatic rings. The van der Waals surface area contributed by atoms with Gasteiger partial charge < -0.3 is 15.5 Å². The highest BCUT2D eigenvalue weighted by Gasteiger charge is 2.39. The Morgan fingerprint density at radius 2 is 2.37 bits per heavy atom. The van der Waals surface area contributed by atoms with Crippen molar-refractivity contribution in [2.24, 2.45) is 0 Å². The van der Waals surface area contributed by atoms with Crippen molar-refractivity contribution in [1.29, 1.82) is 0 Å². The third kappa shape index (κ3) is 2.71. The molecular formula is C14H22N4O. The normalized spacial score (nSPS) is 22.3. The smallest absolute Gasteiger partial charge is 0.244 e. The first kappa shape index (κ1) is 13.8. The van der Waals surface area contributed by atoms with Crippen molar-refractivity contribution in [3.63, 3.8) is 0 Å². The van der Waals surface area contributed by atoms with Gasteiger partial charge in [0.1, 0.15) is 0 Å². The number of carbonyl (C=O) groups is 1. The maximum absolute atomic E-state index is 12.5. The molecule has 2 heterocycles. The van der Waals surface area contributed by atoms with Gasteiger partial charge in [-0.2, -0.15) is 0 Å². The summed E-state index contributed by atoms with van der Waals surface area (Å²) in [5.74, 6) is 0.0450. The lowest BCUT2D eigenvalue weighted by molar-refractivity contribution is -0.122. The second-order valence-electron chi connectivity index (χ2n) is 5.21. The Labute approximate surface area is 114 Å². The molecule has 0 aromatic carbocycles. The summed E-state index contributed by atoms with van der Waals surface area (Å²) in [6.45, 7) is 2.96. The first-order valence-electron chi connectivity index (χ1n) is 6.77. The predicted molar refractivity (Wildman–Crippen MR) is 77.5 cm³/mol. The molecule has 104 valence electrons. The van der Waals surface area contributed by atoms with Gasteiger partial charge in [-0.05, 0) is 31.9 Å². The van der Waals surface area contributed by atoms with Gasteiger partial charge in [0, 0.05) is 20.3 Å². The van der Waals surface area contributed by atoms with Crippen LogP contribution in [-0.2, 0) is 4.79 Å². The molecule has 1 aliphatic heterocycles. The van der Waals surface area contributed by atoms with Crippen LogP contribution in [0.2, 0.25) is 0 Å². The monoisotopic (exact) mass is 262 g/mol. The second kappa shape index (κ2) is 5.57. The zero-order valence-electron chi connectivity index (χ0n) is 11.9. The zero-order valence-corrected chi connectivity index (χ0v) is 11.9. The molecule has 19 heavy (non-hydrogen) atoms. The number of hydrogen-bond acceptors (Lipinski definition) is 4. The van der Waals surface area contributed by atoms with Crippen LogP contribution in [0.1, 0.15) is 26.2 Å².